The van der Waals surface area contributed by atoms with Gasteiger partial charge in [-0.15, -0.1) is 0 Å². The number of fused-ring (bicyclic) bond motifs is 2. The maximum absolute atomic E-state index is 13.7. The van der Waals surface area contributed by atoms with Gasteiger partial charge in [0.1, 0.15) is 6.04 Å². The molecule has 2 heterocycles. The lowest BCUT2D eigenvalue weighted by Gasteiger charge is -2.31. The molecule has 3 aromatic carbocycles. The maximum atomic E-state index is 13.7. The Morgan fingerprint density at radius 1 is 0.919 bits per heavy atom. The topological polar surface area (TPSA) is 112 Å². The number of H-pyrrole nitrogens is 1. The minimum Gasteiger partial charge on any atom is -0.467 e. The molecule has 0 saturated carbocycles. The fraction of sp³-hybridized carbons (Fsp3) is 0.143. The summed E-state index contributed by atoms with van der Waals surface area (Å²) in [4.78, 5) is 55.9. The Kier molecular flexibility index (Phi) is 6.42. The van der Waals surface area contributed by atoms with E-state index in [0.717, 1.165) is 26.5 Å². The zero-order valence-corrected chi connectivity index (χ0v) is 20.0. The summed E-state index contributed by atoms with van der Waals surface area (Å²) < 4.78 is 4.96. The molecule has 0 radical (unpaired) electrons. The highest BCUT2D eigenvalue weighted by Crippen LogP contribution is 2.26. The molecule has 9 nitrogen and oxygen atoms in total. The molecule has 5 rings (SSSR count). The quantitative estimate of drug-likeness (QED) is 0.300. The molecular weight excluding hydrogens is 472 g/mol. The summed E-state index contributed by atoms with van der Waals surface area (Å²) in [5.74, 6) is -1.88. The third-order valence-electron chi connectivity index (χ3n) is 6.31. The number of nitrogens with one attached hydrogen (secondary N) is 2. The van der Waals surface area contributed by atoms with Gasteiger partial charge in [0.15, 0.2) is 0 Å². The maximum Gasteiger partial charge on any atom is 0.337 e. The number of urea groups is 1. The summed E-state index contributed by atoms with van der Waals surface area (Å²) in [5, 5.41) is 5.46. The van der Waals surface area contributed by atoms with Crippen LogP contribution in [-0.2, 0) is 22.5 Å². The van der Waals surface area contributed by atoms with Crippen LogP contribution in [0.2, 0.25) is 0 Å². The summed E-state index contributed by atoms with van der Waals surface area (Å²) in [6.45, 7) is -0.0703. The summed E-state index contributed by atoms with van der Waals surface area (Å²) >= 11 is 0. The average molecular weight is 497 g/mol. The van der Waals surface area contributed by atoms with Crippen LogP contribution in [0.1, 0.15) is 31.8 Å². The number of ether oxygens (including phenoxy) is 1. The predicted octanol–water partition coefficient (Wildman–Crippen LogP) is 3.68. The molecule has 0 unspecified atom stereocenters. The number of esters is 1. The average Bonchev–Trinajstić information content (AvgIpc) is 3.45. The van der Waals surface area contributed by atoms with Crippen molar-refractivity contribution in [3.05, 3.63) is 107 Å². The Bertz CT molecular complexity index is 1460. The lowest BCUT2D eigenvalue weighted by molar-refractivity contribution is -0.142. The van der Waals surface area contributed by atoms with Gasteiger partial charge in [-0.25, -0.2) is 14.6 Å². The molecule has 0 aliphatic carbocycles. The lowest BCUT2D eigenvalue weighted by Crippen LogP contribution is -2.56. The molecule has 1 aromatic heterocycles. The number of hydrazine groups is 1. The van der Waals surface area contributed by atoms with Gasteiger partial charge >= 0.3 is 12.0 Å². The first kappa shape index (κ1) is 23.8. The van der Waals surface area contributed by atoms with Gasteiger partial charge in [-0.2, -0.15) is 5.01 Å². The Hall–Kier alpha value is -4.92. The molecule has 0 bridgehead atoms. The number of imide groups is 1. The van der Waals surface area contributed by atoms with E-state index in [0.29, 0.717) is 5.56 Å². The van der Waals surface area contributed by atoms with E-state index >= 15 is 0 Å². The van der Waals surface area contributed by atoms with Gasteiger partial charge in [-0.05, 0) is 29.3 Å². The zero-order chi connectivity index (χ0) is 25.9. The number of aromatic nitrogens is 1. The van der Waals surface area contributed by atoms with Crippen molar-refractivity contribution in [1.29, 1.82) is 0 Å². The number of amides is 4. The smallest absolute Gasteiger partial charge is 0.337 e. The number of rotatable bonds is 7. The van der Waals surface area contributed by atoms with Gasteiger partial charge in [0.25, 0.3) is 11.8 Å². The van der Waals surface area contributed by atoms with Crippen molar-refractivity contribution in [3.8, 4) is 0 Å². The van der Waals surface area contributed by atoms with Crippen molar-refractivity contribution in [3.63, 3.8) is 0 Å². The molecule has 186 valence electrons. The molecule has 1 aliphatic rings. The SMILES string of the molecule is COC(=O)[C@H](Cc1c[nH]c2ccccc12)NC(=O)N(Cc1ccccc1)N1C(=O)c2ccccc2C1=O. The zero-order valence-electron chi connectivity index (χ0n) is 20.0. The first-order valence-corrected chi connectivity index (χ1v) is 11.7. The van der Waals surface area contributed by atoms with Crippen LogP contribution in [-0.4, -0.2) is 52.0 Å². The fourth-order valence-electron chi connectivity index (χ4n) is 4.47. The fourth-order valence-corrected chi connectivity index (χ4v) is 4.47. The normalized spacial score (nSPS) is 13.4. The number of methoxy groups -OCH3 is 1. The molecule has 1 aliphatic heterocycles. The second-order valence-corrected chi connectivity index (χ2v) is 8.60. The summed E-state index contributed by atoms with van der Waals surface area (Å²) in [7, 11) is 1.24. The molecule has 0 spiro atoms. The number of carbonyl (C=O) groups excluding carboxylic acids is 4. The van der Waals surface area contributed by atoms with Crippen LogP contribution in [0.4, 0.5) is 4.79 Å². The second-order valence-electron chi connectivity index (χ2n) is 8.60. The van der Waals surface area contributed by atoms with Gasteiger partial charge in [-0.1, -0.05) is 60.7 Å². The second kappa shape index (κ2) is 9.98. The van der Waals surface area contributed by atoms with Crippen LogP contribution < -0.4 is 5.32 Å². The molecule has 9 heteroatoms. The van der Waals surface area contributed by atoms with E-state index < -0.39 is 29.9 Å². The van der Waals surface area contributed by atoms with E-state index in [2.05, 4.69) is 10.3 Å². The minimum atomic E-state index is -1.06. The van der Waals surface area contributed by atoms with E-state index in [1.54, 1.807) is 54.7 Å². The Morgan fingerprint density at radius 3 is 2.22 bits per heavy atom. The summed E-state index contributed by atoms with van der Waals surface area (Å²) in [6, 6.07) is 21.1. The van der Waals surface area contributed by atoms with Crippen LogP contribution in [0, 0.1) is 0 Å². The molecule has 2 N–H and O–H groups in total. The van der Waals surface area contributed by atoms with Crippen molar-refractivity contribution in [1.82, 2.24) is 20.3 Å². The van der Waals surface area contributed by atoms with Crippen molar-refractivity contribution in [2.24, 2.45) is 0 Å². The number of para-hydroxylation sites is 1. The van der Waals surface area contributed by atoms with Gasteiger partial charge in [0.05, 0.1) is 24.8 Å². The monoisotopic (exact) mass is 496 g/mol. The molecule has 4 amide bonds. The van der Waals surface area contributed by atoms with Crippen LogP contribution >= 0.6 is 0 Å². The highest BCUT2D eigenvalue weighted by atomic mass is 16.5. The molecular formula is C28H24N4O5. The van der Waals surface area contributed by atoms with Crippen molar-refractivity contribution in [2.45, 2.75) is 19.0 Å². The lowest BCUT2D eigenvalue weighted by atomic mass is 10.1. The van der Waals surface area contributed by atoms with Crippen LogP contribution in [0.3, 0.4) is 0 Å². The van der Waals surface area contributed by atoms with E-state index in [1.165, 1.54) is 7.11 Å². The first-order valence-electron chi connectivity index (χ1n) is 11.7. The molecule has 0 fully saturated rings. The standard InChI is InChI=1S/C28H24N4O5/c1-37-27(35)24(15-19-16-29-23-14-8-7-11-20(19)23)30-28(36)31(17-18-9-3-2-4-10-18)32-25(33)21-12-5-6-13-22(21)26(32)34/h2-14,16,24,29H,15,17H2,1H3,(H,30,36)/t24-/m0/s1. The van der Waals surface area contributed by atoms with E-state index in [9.17, 15) is 19.2 Å². The molecule has 1 atom stereocenters. The number of benzene rings is 3. The van der Waals surface area contributed by atoms with Gasteiger partial charge < -0.3 is 15.0 Å². The van der Waals surface area contributed by atoms with E-state index in [1.807, 2.05) is 30.3 Å². The van der Waals surface area contributed by atoms with Crippen molar-refractivity contribution >= 4 is 34.7 Å². The molecule has 37 heavy (non-hydrogen) atoms. The molecule has 0 saturated heterocycles. The number of aromatic amines is 1. The van der Waals surface area contributed by atoms with E-state index in [4.69, 9.17) is 4.74 Å². The number of nitrogens with zero attached hydrogens (tertiary/aromatic N) is 2. The largest absolute Gasteiger partial charge is 0.467 e. The number of carbonyl (C=O) groups is 4. The number of hydrogen-bond donors (Lipinski definition) is 2. The van der Waals surface area contributed by atoms with Crippen LogP contribution in [0.5, 0.6) is 0 Å². The third kappa shape index (κ3) is 4.54. The minimum absolute atomic E-state index is 0.0703. The Balaban J connectivity index is 1.46. The third-order valence-corrected chi connectivity index (χ3v) is 6.31. The van der Waals surface area contributed by atoms with Crippen molar-refractivity contribution in [2.75, 3.05) is 7.11 Å². The highest BCUT2D eigenvalue weighted by molar-refractivity contribution is 6.21. The number of hydrogen-bond acceptors (Lipinski definition) is 5. The van der Waals surface area contributed by atoms with Crippen molar-refractivity contribution < 1.29 is 23.9 Å². The predicted molar refractivity (Wildman–Crippen MR) is 135 cm³/mol. The van der Waals surface area contributed by atoms with Gasteiger partial charge in [0.2, 0.25) is 0 Å². The van der Waals surface area contributed by atoms with Crippen LogP contribution in [0.15, 0.2) is 85.1 Å². The first-order chi connectivity index (χ1) is 18.0. The Morgan fingerprint density at radius 2 is 1.54 bits per heavy atom. The summed E-state index contributed by atoms with van der Waals surface area (Å²) in [5.41, 5.74) is 2.81. The highest BCUT2D eigenvalue weighted by Gasteiger charge is 2.42. The Labute approximate surface area is 212 Å². The summed E-state index contributed by atoms with van der Waals surface area (Å²) in [6.07, 6.45) is 1.92. The van der Waals surface area contributed by atoms with Gasteiger partial charge in [0, 0.05) is 23.5 Å². The van der Waals surface area contributed by atoms with Gasteiger partial charge in [-0.3, -0.25) is 9.59 Å². The molecule has 4 aromatic rings. The van der Waals surface area contributed by atoms with E-state index in [-0.39, 0.29) is 24.1 Å². The van der Waals surface area contributed by atoms with Crippen LogP contribution in [0.25, 0.3) is 10.9 Å².